The fourth-order valence-electron chi connectivity index (χ4n) is 4.66. The Kier molecular flexibility index (Phi) is 9.18. The Bertz CT molecular complexity index is 1440. The summed E-state index contributed by atoms with van der Waals surface area (Å²) in [5, 5.41) is 15.0. The molecule has 3 N–H and O–H groups in total. The van der Waals surface area contributed by atoms with Gasteiger partial charge in [0.25, 0.3) is 11.8 Å². The van der Waals surface area contributed by atoms with Crippen LogP contribution in [-0.4, -0.2) is 67.2 Å². The lowest BCUT2D eigenvalue weighted by atomic mass is 10.0. The molecule has 0 spiro atoms. The molecule has 1 heterocycles. The number of piperazine rings is 1. The van der Waals surface area contributed by atoms with Gasteiger partial charge >= 0.3 is 12.1 Å². The van der Waals surface area contributed by atoms with Gasteiger partial charge in [-0.1, -0.05) is 29.8 Å². The van der Waals surface area contributed by atoms with E-state index in [1.165, 1.54) is 37.4 Å². The monoisotopic (exact) mass is 562 g/mol. The summed E-state index contributed by atoms with van der Waals surface area (Å²) in [5.74, 6) is -2.54. The molecule has 1 saturated heterocycles. The van der Waals surface area contributed by atoms with Gasteiger partial charge in [0.2, 0.25) is 0 Å². The molecule has 4 rings (SSSR count). The van der Waals surface area contributed by atoms with Crippen LogP contribution in [-0.2, 0) is 9.53 Å². The summed E-state index contributed by atoms with van der Waals surface area (Å²) in [5.41, 5.74) is 3.03. The van der Waals surface area contributed by atoms with E-state index in [-0.39, 0.29) is 11.5 Å². The highest BCUT2D eigenvalue weighted by Crippen LogP contribution is 2.30. The van der Waals surface area contributed by atoms with Crippen molar-refractivity contribution < 1.29 is 33.4 Å². The third kappa shape index (κ3) is 7.38. The fraction of sp³-hybridized carbons (Fsp3) is 0.267. The Hall–Kier alpha value is -4.93. The highest BCUT2D eigenvalue weighted by atomic mass is 19.1. The first-order chi connectivity index (χ1) is 19.6. The van der Waals surface area contributed by atoms with Crippen LogP contribution in [0.5, 0.6) is 0 Å². The quantitative estimate of drug-likeness (QED) is 0.375. The number of anilines is 2. The molecule has 3 aromatic carbocycles. The van der Waals surface area contributed by atoms with Crippen molar-refractivity contribution in [1.29, 1.82) is 0 Å². The lowest BCUT2D eigenvalue weighted by molar-refractivity contribution is -0.137. The minimum absolute atomic E-state index is 0.194. The van der Waals surface area contributed by atoms with Crippen molar-refractivity contribution in [3.8, 4) is 0 Å². The molecule has 41 heavy (non-hydrogen) atoms. The van der Waals surface area contributed by atoms with Gasteiger partial charge in [-0.25, -0.2) is 9.18 Å². The summed E-state index contributed by atoms with van der Waals surface area (Å²) < 4.78 is 18.2. The van der Waals surface area contributed by atoms with Crippen molar-refractivity contribution in [1.82, 2.24) is 10.2 Å². The number of hydrogen-bond donors (Lipinski definition) is 3. The highest BCUT2D eigenvalue weighted by molar-refractivity contribution is 6.07. The van der Waals surface area contributed by atoms with Gasteiger partial charge in [0.1, 0.15) is 5.82 Å². The molecule has 1 aliphatic heterocycles. The number of amides is 3. The number of rotatable bonds is 8. The van der Waals surface area contributed by atoms with E-state index in [2.05, 4.69) is 10.6 Å². The summed E-state index contributed by atoms with van der Waals surface area (Å²) in [7, 11) is 1.33. The number of ether oxygens (including phenoxy) is 1. The molecule has 3 aromatic rings. The predicted octanol–water partition coefficient (Wildman–Crippen LogP) is 4.22. The van der Waals surface area contributed by atoms with E-state index in [4.69, 9.17) is 4.74 Å². The standard InChI is InChI=1S/C30H31FN4O6/c1-19-4-3-5-21(16-19)28(38)33-25-17-22(8-11-26(25)34-12-14-35(15-13-34)30(40)41-2)29(39)32-24(18-27(36)37)20-6-9-23(31)10-7-20/h3-11,16-17,24H,12-15,18H2,1-2H3,(H,32,39)(H,33,38)(H,36,37). The molecule has 1 atom stereocenters. The predicted molar refractivity (Wildman–Crippen MR) is 151 cm³/mol. The first-order valence-electron chi connectivity index (χ1n) is 13.0. The number of nitrogens with zero attached hydrogens (tertiary/aromatic N) is 2. The maximum atomic E-state index is 13.4. The molecule has 214 valence electrons. The Morgan fingerprint density at radius 1 is 0.927 bits per heavy atom. The second-order valence-corrected chi connectivity index (χ2v) is 9.68. The van der Waals surface area contributed by atoms with Crippen LogP contribution < -0.4 is 15.5 Å². The minimum Gasteiger partial charge on any atom is -0.481 e. The number of halogens is 1. The first-order valence-corrected chi connectivity index (χ1v) is 13.0. The fourth-order valence-corrected chi connectivity index (χ4v) is 4.66. The zero-order valence-corrected chi connectivity index (χ0v) is 22.7. The van der Waals surface area contributed by atoms with Crippen molar-refractivity contribution in [2.24, 2.45) is 0 Å². The lowest BCUT2D eigenvalue weighted by Gasteiger charge is -2.36. The van der Waals surface area contributed by atoms with Crippen LogP contribution in [0.3, 0.4) is 0 Å². The molecule has 3 amide bonds. The molecule has 0 saturated carbocycles. The maximum Gasteiger partial charge on any atom is 0.409 e. The number of benzene rings is 3. The van der Waals surface area contributed by atoms with Crippen LogP contribution >= 0.6 is 0 Å². The number of carbonyl (C=O) groups excluding carboxylic acids is 3. The van der Waals surface area contributed by atoms with Crippen LogP contribution in [0.1, 0.15) is 44.3 Å². The molecular formula is C30H31FN4O6. The van der Waals surface area contributed by atoms with Gasteiger partial charge in [-0.15, -0.1) is 0 Å². The van der Waals surface area contributed by atoms with Crippen molar-refractivity contribution in [2.75, 3.05) is 43.5 Å². The molecule has 0 radical (unpaired) electrons. The normalized spacial score (nSPS) is 13.7. The van der Waals surface area contributed by atoms with Crippen LogP contribution in [0.25, 0.3) is 0 Å². The third-order valence-corrected chi connectivity index (χ3v) is 6.80. The van der Waals surface area contributed by atoms with Gasteiger partial charge in [0.15, 0.2) is 0 Å². The first kappa shape index (κ1) is 29.1. The summed E-state index contributed by atoms with van der Waals surface area (Å²) in [6, 6.07) is 16.3. The molecule has 1 aliphatic rings. The maximum absolute atomic E-state index is 13.4. The number of nitrogens with one attached hydrogen (secondary N) is 2. The van der Waals surface area contributed by atoms with Gasteiger partial charge in [-0.05, 0) is 55.0 Å². The van der Waals surface area contributed by atoms with Gasteiger partial charge in [-0.3, -0.25) is 14.4 Å². The van der Waals surface area contributed by atoms with Crippen molar-refractivity contribution in [3.05, 3.63) is 94.8 Å². The topological polar surface area (TPSA) is 128 Å². The Balaban J connectivity index is 1.62. The number of aliphatic carboxylic acids is 1. The van der Waals surface area contributed by atoms with E-state index in [0.29, 0.717) is 48.7 Å². The highest BCUT2D eigenvalue weighted by Gasteiger charge is 2.25. The van der Waals surface area contributed by atoms with Gasteiger partial charge in [-0.2, -0.15) is 0 Å². The molecular weight excluding hydrogens is 531 g/mol. The average molecular weight is 563 g/mol. The van der Waals surface area contributed by atoms with Gasteiger partial charge in [0, 0.05) is 37.3 Å². The van der Waals surface area contributed by atoms with E-state index < -0.39 is 36.2 Å². The molecule has 1 unspecified atom stereocenters. The number of carbonyl (C=O) groups is 4. The average Bonchev–Trinajstić information content (AvgIpc) is 2.96. The van der Waals surface area contributed by atoms with E-state index in [1.807, 2.05) is 17.9 Å². The van der Waals surface area contributed by atoms with Crippen LogP contribution in [0.15, 0.2) is 66.7 Å². The van der Waals surface area contributed by atoms with E-state index >= 15 is 0 Å². The molecule has 0 aliphatic carbocycles. The summed E-state index contributed by atoms with van der Waals surface area (Å²) in [6.07, 6.45) is -0.821. The number of carboxylic acid groups (broad SMARTS) is 1. The zero-order chi connectivity index (χ0) is 29.5. The van der Waals surface area contributed by atoms with Crippen LogP contribution in [0.2, 0.25) is 0 Å². The second-order valence-electron chi connectivity index (χ2n) is 9.68. The Morgan fingerprint density at radius 2 is 1.61 bits per heavy atom. The largest absolute Gasteiger partial charge is 0.481 e. The summed E-state index contributed by atoms with van der Waals surface area (Å²) >= 11 is 0. The molecule has 1 fully saturated rings. The van der Waals surface area contributed by atoms with E-state index in [1.54, 1.807) is 35.2 Å². The van der Waals surface area contributed by atoms with Gasteiger partial charge < -0.3 is 30.3 Å². The van der Waals surface area contributed by atoms with Crippen LogP contribution in [0.4, 0.5) is 20.6 Å². The molecule has 0 aromatic heterocycles. The minimum atomic E-state index is -1.13. The summed E-state index contributed by atoms with van der Waals surface area (Å²) in [6.45, 7) is 3.64. The Morgan fingerprint density at radius 3 is 2.24 bits per heavy atom. The smallest absolute Gasteiger partial charge is 0.409 e. The van der Waals surface area contributed by atoms with Crippen LogP contribution in [0, 0.1) is 12.7 Å². The third-order valence-electron chi connectivity index (χ3n) is 6.80. The lowest BCUT2D eigenvalue weighted by Crippen LogP contribution is -2.49. The van der Waals surface area contributed by atoms with Gasteiger partial charge in [0.05, 0.1) is 30.9 Å². The molecule has 11 heteroatoms. The van der Waals surface area contributed by atoms with Crippen molar-refractivity contribution >= 4 is 35.3 Å². The molecule has 10 nitrogen and oxygen atoms in total. The van der Waals surface area contributed by atoms with E-state index in [0.717, 1.165) is 5.56 Å². The number of hydrogen-bond acceptors (Lipinski definition) is 6. The summed E-state index contributed by atoms with van der Waals surface area (Å²) in [4.78, 5) is 53.5. The SMILES string of the molecule is COC(=O)N1CCN(c2ccc(C(=O)NC(CC(=O)O)c3ccc(F)cc3)cc2NC(=O)c2cccc(C)c2)CC1. The second kappa shape index (κ2) is 12.9. The number of aryl methyl sites for hydroxylation is 1. The van der Waals surface area contributed by atoms with E-state index in [9.17, 15) is 28.7 Å². The van der Waals surface area contributed by atoms with Crippen molar-refractivity contribution in [2.45, 2.75) is 19.4 Å². The zero-order valence-electron chi connectivity index (χ0n) is 22.7. The number of carboxylic acids is 1. The Labute approximate surface area is 236 Å². The van der Waals surface area contributed by atoms with Crippen molar-refractivity contribution in [3.63, 3.8) is 0 Å². The molecule has 0 bridgehead atoms. The number of methoxy groups -OCH3 is 1.